The van der Waals surface area contributed by atoms with E-state index in [1.54, 1.807) is 0 Å². The van der Waals surface area contributed by atoms with Crippen LogP contribution in [0.4, 0.5) is 4.39 Å². The summed E-state index contributed by atoms with van der Waals surface area (Å²) < 4.78 is 40.1. The quantitative estimate of drug-likeness (QED) is 0.820. The number of hydrogen-bond acceptors (Lipinski definition) is 4. The summed E-state index contributed by atoms with van der Waals surface area (Å²) >= 11 is 0. The van der Waals surface area contributed by atoms with Crippen molar-refractivity contribution in [3.05, 3.63) is 30.1 Å². The van der Waals surface area contributed by atoms with E-state index in [2.05, 4.69) is 0 Å². The van der Waals surface area contributed by atoms with Gasteiger partial charge in [-0.2, -0.15) is 4.31 Å². The van der Waals surface area contributed by atoms with Gasteiger partial charge in [0.2, 0.25) is 21.8 Å². The number of hydrogen-bond donors (Lipinski definition) is 1. The van der Waals surface area contributed by atoms with E-state index in [4.69, 9.17) is 5.73 Å². The second-order valence-corrected chi connectivity index (χ2v) is 7.26. The van der Waals surface area contributed by atoms with Crippen LogP contribution < -0.4 is 5.73 Å². The van der Waals surface area contributed by atoms with Gasteiger partial charge in [-0.25, -0.2) is 12.8 Å². The minimum absolute atomic E-state index is 0.0278. The van der Waals surface area contributed by atoms with Crippen molar-refractivity contribution < 1.29 is 22.4 Å². The molecule has 126 valence electrons. The largest absolute Gasteiger partial charge is 0.369 e. The van der Waals surface area contributed by atoms with Gasteiger partial charge in [0, 0.05) is 33.1 Å². The number of carbonyl (C=O) groups is 2. The molecule has 9 heteroatoms. The first-order valence-electron chi connectivity index (χ1n) is 7.03. The summed E-state index contributed by atoms with van der Waals surface area (Å²) in [7, 11) is -4.12. The van der Waals surface area contributed by atoms with E-state index in [-0.39, 0.29) is 32.1 Å². The van der Waals surface area contributed by atoms with Gasteiger partial charge in [-0.1, -0.05) is 12.1 Å². The highest BCUT2D eigenvalue weighted by atomic mass is 32.2. The molecule has 7 nitrogen and oxygen atoms in total. The van der Waals surface area contributed by atoms with Crippen molar-refractivity contribution in [2.75, 3.05) is 26.2 Å². The van der Waals surface area contributed by atoms with Crippen molar-refractivity contribution in [3.8, 4) is 0 Å². The molecule has 2 amide bonds. The van der Waals surface area contributed by atoms with Gasteiger partial charge in [-0.05, 0) is 12.1 Å². The minimum atomic E-state index is -4.12. The van der Waals surface area contributed by atoms with Crippen molar-refractivity contribution in [2.45, 2.75) is 11.8 Å². The minimum Gasteiger partial charge on any atom is -0.369 e. The summed E-state index contributed by atoms with van der Waals surface area (Å²) in [6.45, 7) is 1.29. The predicted octanol–water partition coefficient (Wildman–Crippen LogP) is -0.220. The number of carbonyl (C=O) groups excluding carboxylic acids is 2. The molecule has 23 heavy (non-hydrogen) atoms. The van der Waals surface area contributed by atoms with Crippen molar-refractivity contribution in [1.82, 2.24) is 9.21 Å². The van der Waals surface area contributed by atoms with Gasteiger partial charge in [0.25, 0.3) is 0 Å². The number of sulfonamides is 1. The van der Waals surface area contributed by atoms with Crippen molar-refractivity contribution in [1.29, 1.82) is 0 Å². The van der Waals surface area contributed by atoms with Gasteiger partial charge in [-0.15, -0.1) is 0 Å². The highest BCUT2D eigenvalue weighted by Gasteiger charge is 2.35. The SMILES string of the molecule is CC(=O)N1CCN(S(=O)(=O)c2ccccc2F)CC(C(N)=O)C1. The number of primary amides is 1. The number of rotatable bonds is 3. The Morgan fingerprint density at radius 3 is 2.43 bits per heavy atom. The molecule has 0 aromatic heterocycles. The summed E-state index contributed by atoms with van der Waals surface area (Å²) in [6, 6.07) is 5.03. The number of amides is 2. The Hall–Kier alpha value is -2.00. The predicted molar refractivity (Wildman–Crippen MR) is 80.1 cm³/mol. The molecular formula is C14H18FN3O4S. The molecular weight excluding hydrogens is 325 g/mol. The first kappa shape index (κ1) is 17.4. The molecule has 1 unspecified atom stereocenters. The summed E-state index contributed by atoms with van der Waals surface area (Å²) in [5.41, 5.74) is 5.30. The molecule has 1 aromatic rings. The smallest absolute Gasteiger partial charge is 0.246 e. The van der Waals surface area contributed by atoms with Crippen LogP contribution in [0.25, 0.3) is 0 Å². The monoisotopic (exact) mass is 343 g/mol. The average Bonchev–Trinajstić information content (AvgIpc) is 2.71. The molecule has 0 bridgehead atoms. The standard InChI is InChI=1S/C14H18FN3O4S/c1-10(19)17-6-7-18(9-11(8-17)14(16)20)23(21,22)13-5-3-2-4-12(13)15/h2-5,11H,6-9H2,1H3,(H2,16,20). The van der Waals surface area contributed by atoms with E-state index in [0.29, 0.717) is 0 Å². The molecule has 1 fully saturated rings. The third-order valence-corrected chi connectivity index (χ3v) is 5.68. The van der Waals surface area contributed by atoms with Crippen LogP contribution in [-0.2, 0) is 19.6 Å². The van der Waals surface area contributed by atoms with Crippen LogP contribution in [0.1, 0.15) is 6.92 Å². The average molecular weight is 343 g/mol. The van der Waals surface area contributed by atoms with Gasteiger partial charge in [0.1, 0.15) is 10.7 Å². The van der Waals surface area contributed by atoms with E-state index in [1.807, 2.05) is 0 Å². The van der Waals surface area contributed by atoms with Crippen LogP contribution in [0.15, 0.2) is 29.2 Å². The number of halogens is 1. The molecule has 0 saturated carbocycles. The second-order valence-electron chi connectivity index (χ2n) is 5.36. The first-order chi connectivity index (χ1) is 10.7. The van der Waals surface area contributed by atoms with Crippen molar-refractivity contribution in [2.24, 2.45) is 11.7 Å². The lowest BCUT2D eigenvalue weighted by atomic mass is 10.1. The molecule has 0 spiro atoms. The van der Waals surface area contributed by atoms with Crippen LogP contribution in [0.5, 0.6) is 0 Å². The Morgan fingerprint density at radius 1 is 1.22 bits per heavy atom. The third kappa shape index (κ3) is 3.67. The normalized spacial score (nSPS) is 20.1. The van der Waals surface area contributed by atoms with Crippen LogP contribution in [0, 0.1) is 11.7 Å². The molecule has 1 atom stereocenters. The zero-order valence-corrected chi connectivity index (χ0v) is 13.4. The third-order valence-electron chi connectivity index (χ3n) is 3.79. The highest BCUT2D eigenvalue weighted by Crippen LogP contribution is 2.22. The van der Waals surface area contributed by atoms with E-state index < -0.39 is 32.6 Å². The molecule has 0 radical (unpaired) electrons. The second kappa shape index (κ2) is 6.63. The topological polar surface area (TPSA) is 101 Å². The van der Waals surface area contributed by atoms with Gasteiger partial charge in [0.05, 0.1) is 5.92 Å². The lowest BCUT2D eigenvalue weighted by Crippen LogP contribution is -2.41. The fourth-order valence-electron chi connectivity index (χ4n) is 2.46. The van der Waals surface area contributed by atoms with Crippen LogP contribution >= 0.6 is 0 Å². The Balaban J connectivity index is 2.36. The molecule has 1 aromatic carbocycles. The number of nitrogens with two attached hydrogens (primary N) is 1. The van der Waals surface area contributed by atoms with Crippen molar-refractivity contribution in [3.63, 3.8) is 0 Å². The molecule has 2 N–H and O–H groups in total. The summed E-state index contributed by atoms with van der Waals surface area (Å²) in [6.07, 6.45) is 0. The lowest BCUT2D eigenvalue weighted by Gasteiger charge is -2.22. The Morgan fingerprint density at radius 2 is 1.87 bits per heavy atom. The fourth-order valence-corrected chi connectivity index (χ4v) is 4.00. The number of nitrogens with zero attached hydrogens (tertiary/aromatic N) is 2. The van der Waals surface area contributed by atoms with E-state index in [1.165, 1.54) is 24.0 Å². The van der Waals surface area contributed by atoms with E-state index in [9.17, 15) is 22.4 Å². The zero-order valence-electron chi connectivity index (χ0n) is 12.6. The molecule has 1 saturated heterocycles. The van der Waals surface area contributed by atoms with Gasteiger partial charge < -0.3 is 10.6 Å². The van der Waals surface area contributed by atoms with E-state index >= 15 is 0 Å². The molecule has 1 aliphatic heterocycles. The Labute approximate surface area is 133 Å². The zero-order chi connectivity index (χ0) is 17.2. The molecule has 1 heterocycles. The van der Waals surface area contributed by atoms with Gasteiger partial charge in [0.15, 0.2) is 0 Å². The fraction of sp³-hybridized carbons (Fsp3) is 0.429. The molecule has 1 aliphatic rings. The lowest BCUT2D eigenvalue weighted by molar-refractivity contribution is -0.130. The maximum atomic E-state index is 13.8. The van der Waals surface area contributed by atoms with Crippen molar-refractivity contribution >= 4 is 21.8 Å². The summed E-state index contributed by atoms with van der Waals surface area (Å²) in [5, 5.41) is 0. The van der Waals surface area contributed by atoms with E-state index in [0.717, 1.165) is 16.4 Å². The summed E-state index contributed by atoms with van der Waals surface area (Å²) in [5.74, 6) is -2.69. The first-order valence-corrected chi connectivity index (χ1v) is 8.47. The van der Waals surface area contributed by atoms with Gasteiger partial charge >= 0.3 is 0 Å². The molecule has 0 aliphatic carbocycles. The maximum Gasteiger partial charge on any atom is 0.246 e. The summed E-state index contributed by atoms with van der Waals surface area (Å²) in [4.78, 5) is 24.0. The van der Waals surface area contributed by atoms with Crippen LogP contribution in [0.2, 0.25) is 0 Å². The number of benzene rings is 1. The highest BCUT2D eigenvalue weighted by molar-refractivity contribution is 7.89. The molecule has 2 rings (SSSR count). The Kier molecular flexibility index (Phi) is 5.00. The van der Waals surface area contributed by atoms with Crippen LogP contribution in [-0.4, -0.2) is 55.6 Å². The van der Waals surface area contributed by atoms with Crippen LogP contribution in [0.3, 0.4) is 0 Å². The Bertz CT molecular complexity index is 722. The maximum absolute atomic E-state index is 13.8. The van der Waals surface area contributed by atoms with Gasteiger partial charge in [-0.3, -0.25) is 9.59 Å².